The number of sulfonamides is 1. The molecule has 0 bridgehead atoms. The van der Waals surface area contributed by atoms with E-state index in [2.05, 4.69) is 25.6 Å². The molecule has 2 rings (SSSR count). The van der Waals surface area contributed by atoms with E-state index in [0.29, 0.717) is 10.5 Å². The van der Waals surface area contributed by atoms with E-state index in [1.807, 2.05) is 0 Å². The van der Waals surface area contributed by atoms with Crippen LogP contribution in [0.1, 0.15) is 0 Å². The molecule has 1 heterocycles. The lowest BCUT2D eigenvalue weighted by atomic mass is 10.3. The maximum absolute atomic E-state index is 13.5. The molecule has 0 aliphatic heterocycles. The quantitative estimate of drug-likeness (QED) is 0.881. The van der Waals surface area contributed by atoms with E-state index in [1.54, 1.807) is 0 Å². The van der Waals surface area contributed by atoms with Crippen LogP contribution < -0.4 is 4.72 Å². The summed E-state index contributed by atoms with van der Waals surface area (Å²) in [5.41, 5.74) is -0.0234. The topological polar surface area (TPSA) is 59.1 Å². The number of rotatable bonds is 3. The first kappa shape index (κ1) is 15.1. The van der Waals surface area contributed by atoms with Gasteiger partial charge in [-0.3, -0.25) is 9.71 Å². The van der Waals surface area contributed by atoms with Gasteiger partial charge < -0.3 is 0 Å². The van der Waals surface area contributed by atoms with Crippen LogP contribution in [0.25, 0.3) is 0 Å². The van der Waals surface area contributed by atoms with Crippen molar-refractivity contribution in [1.82, 2.24) is 4.98 Å². The smallest absolute Gasteiger partial charge is 0.264 e. The van der Waals surface area contributed by atoms with Gasteiger partial charge in [0, 0.05) is 12.3 Å². The van der Waals surface area contributed by atoms with Gasteiger partial charge >= 0.3 is 0 Å². The van der Waals surface area contributed by atoms with E-state index in [9.17, 15) is 17.2 Å². The first-order valence-corrected chi connectivity index (χ1v) is 7.73. The zero-order valence-electron chi connectivity index (χ0n) is 9.57. The Morgan fingerprint density at radius 3 is 2.60 bits per heavy atom. The van der Waals surface area contributed by atoms with Gasteiger partial charge in [0.15, 0.2) is 0 Å². The van der Waals surface area contributed by atoms with Gasteiger partial charge in [-0.2, -0.15) is 0 Å². The SMILES string of the molecule is O=S(=O)(Nc1cncc(Br)c1Cl)c1ccc(F)cc1F. The van der Waals surface area contributed by atoms with Crippen molar-refractivity contribution in [3.63, 3.8) is 0 Å². The normalized spacial score (nSPS) is 11.4. The number of anilines is 1. The molecule has 0 saturated heterocycles. The molecule has 0 amide bonds. The maximum Gasteiger partial charge on any atom is 0.264 e. The number of pyridine rings is 1. The minimum absolute atomic E-state index is 0.0234. The van der Waals surface area contributed by atoms with Gasteiger partial charge in [0.2, 0.25) is 0 Å². The lowest BCUT2D eigenvalue weighted by Gasteiger charge is -2.10. The van der Waals surface area contributed by atoms with Crippen molar-refractivity contribution in [2.75, 3.05) is 4.72 Å². The predicted octanol–water partition coefficient (Wildman–Crippen LogP) is 3.58. The molecule has 0 radical (unpaired) electrons. The van der Waals surface area contributed by atoms with Crippen molar-refractivity contribution in [3.8, 4) is 0 Å². The number of hydrogen-bond donors (Lipinski definition) is 1. The fraction of sp³-hybridized carbons (Fsp3) is 0. The third-order valence-electron chi connectivity index (χ3n) is 2.27. The van der Waals surface area contributed by atoms with Gasteiger partial charge in [-0.15, -0.1) is 0 Å². The maximum atomic E-state index is 13.5. The standard InChI is InChI=1S/C11H6BrClF2N2O2S/c12-7-4-16-5-9(11(7)13)17-20(18,19)10-2-1-6(14)3-8(10)15/h1-5,17H. The summed E-state index contributed by atoms with van der Waals surface area (Å²) in [6, 6.07) is 2.15. The lowest BCUT2D eigenvalue weighted by molar-refractivity contribution is 0.551. The predicted molar refractivity (Wildman–Crippen MR) is 74.1 cm³/mol. The molecular formula is C11H6BrClF2N2O2S. The first-order valence-electron chi connectivity index (χ1n) is 5.08. The molecule has 2 aromatic rings. The summed E-state index contributed by atoms with van der Waals surface area (Å²) in [5.74, 6) is -2.07. The fourth-order valence-corrected chi connectivity index (χ4v) is 3.03. The molecule has 0 spiro atoms. The summed E-state index contributed by atoms with van der Waals surface area (Å²) < 4.78 is 52.8. The molecule has 106 valence electrons. The molecule has 0 aliphatic carbocycles. The van der Waals surface area contributed by atoms with Crippen LogP contribution in [0.15, 0.2) is 40.0 Å². The van der Waals surface area contributed by atoms with Gasteiger partial charge in [-0.05, 0) is 28.1 Å². The first-order chi connectivity index (χ1) is 9.31. The van der Waals surface area contributed by atoms with Crippen LogP contribution in [0.5, 0.6) is 0 Å². The Kier molecular flexibility index (Phi) is 4.26. The molecule has 1 aromatic carbocycles. The van der Waals surface area contributed by atoms with Crippen LogP contribution in [-0.2, 0) is 10.0 Å². The number of hydrogen-bond acceptors (Lipinski definition) is 3. The third kappa shape index (κ3) is 3.08. The highest BCUT2D eigenvalue weighted by Gasteiger charge is 2.21. The molecule has 20 heavy (non-hydrogen) atoms. The minimum Gasteiger partial charge on any atom is -0.276 e. The zero-order chi connectivity index (χ0) is 14.9. The monoisotopic (exact) mass is 382 g/mol. The Morgan fingerprint density at radius 2 is 1.95 bits per heavy atom. The number of nitrogens with zero attached hydrogens (tertiary/aromatic N) is 1. The molecule has 9 heteroatoms. The van der Waals surface area contributed by atoms with Gasteiger partial charge in [-0.1, -0.05) is 11.6 Å². The molecular weight excluding hydrogens is 378 g/mol. The zero-order valence-corrected chi connectivity index (χ0v) is 12.7. The van der Waals surface area contributed by atoms with Crippen LogP contribution in [0.3, 0.4) is 0 Å². The summed E-state index contributed by atoms with van der Waals surface area (Å²) in [6.07, 6.45) is 2.55. The summed E-state index contributed by atoms with van der Waals surface area (Å²) in [6.45, 7) is 0. The van der Waals surface area contributed by atoms with Crippen LogP contribution in [0.2, 0.25) is 5.02 Å². The van der Waals surface area contributed by atoms with E-state index < -0.39 is 26.6 Å². The van der Waals surface area contributed by atoms with E-state index in [4.69, 9.17) is 11.6 Å². The number of nitrogens with one attached hydrogen (secondary N) is 1. The van der Waals surface area contributed by atoms with Crippen molar-refractivity contribution in [2.45, 2.75) is 4.90 Å². The van der Waals surface area contributed by atoms with E-state index >= 15 is 0 Å². The lowest BCUT2D eigenvalue weighted by Crippen LogP contribution is -2.15. The van der Waals surface area contributed by atoms with Crippen LogP contribution in [-0.4, -0.2) is 13.4 Å². The van der Waals surface area contributed by atoms with Gasteiger partial charge in [-0.25, -0.2) is 17.2 Å². The second-order valence-electron chi connectivity index (χ2n) is 3.66. The van der Waals surface area contributed by atoms with Crippen LogP contribution in [0.4, 0.5) is 14.5 Å². The van der Waals surface area contributed by atoms with E-state index in [1.165, 1.54) is 12.4 Å². The summed E-state index contributed by atoms with van der Waals surface area (Å²) in [4.78, 5) is 3.06. The highest BCUT2D eigenvalue weighted by Crippen LogP contribution is 2.30. The Balaban J connectivity index is 2.44. The molecule has 4 nitrogen and oxygen atoms in total. The van der Waals surface area contributed by atoms with E-state index in [-0.39, 0.29) is 10.7 Å². The van der Waals surface area contributed by atoms with Crippen molar-refractivity contribution in [2.24, 2.45) is 0 Å². The highest BCUT2D eigenvalue weighted by atomic mass is 79.9. The van der Waals surface area contributed by atoms with Gasteiger partial charge in [0.25, 0.3) is 10.0 Å². The average molecular weight is 384 g/mol. The molecule has 1 aromatic heterocycles. The van der Waals surface area contributed by atoms with Crippen molar-refractivity contribution < 1.29 is 17.2 Å². The Hall–Kier alpha value is -1.25. The number of aromatic nitrogens is 1. The fourth-order valence-electron chi connectivity index (χ4n) is 1.38. The number of benzene rings is 1. The summed E-state index contributed by atoms with van der Waals surface area (Å²) >= 11 is 8.97. The van der Waals surface area contributed by atoms with Crippen molar-refractivity contribution >= 4 is 43.2 Å². The molecule has 0 atom stereocenters. The number of halogens is 4. The van der Waals surface area contributed by atoms with Crippen molar-refractivity contribution in [1.29, 1.82) is 0 Å². The van der Waals surface area contributed by atoms with Crippen LogP contribution >= 0.6 is 27.5 Å². The minimum atomic E-state index is -4.24. The van der Waals surface area contributed by atoms with Crippen LogP contribution in [0, 0.1) is 11.6 Å². The molecule has 0 fully saturated rings. The Morgan fingerprint density at radius 1 is 1.25 bits per heavy atom. The van der Waals surface area contributed by atoms with Crippen molar-refractivity contribution in [3.05, 3.63) is 51.7 Å². The second kappa shape index (κ2) is 5.63. The third-order valence-corrected chi connectivity index (χ3v) is 4.90. The second-order valence-corrected chi connectivity index (χ2v) is 6.55. The molecule has 0 aliphatic rings. The average Bonchev–Trinajstić information content (AvgIpc) is 2.34. The van der Waals surface area contributed by atoms with E-state index in [0.717, 1.165) is 12.1 Å². The molecule has 1 N–H and O–H groups in total. The Bertz CT molecular complexity index is 771. The Labute approximate surface area is 127 Å². The summed E-state index contributed by atoms with van der Waals surface area (Å²) in [5, 5.41) is 0.0751. The highest BCUT2D eigenvalue weighted by molar-refractivity contribution is 9.10. The molecule has 0 saturated carbocycles. The largest absolute Gasteiger partial charge is 0.276 e. The van der Waals surface area contributed by atoms with Gasteiger partial charge in [0.05, 0.1) is 21.4 Å². The summed E-state index contributed by atoms with van der Waals surface area (Å²) in [7, 11) is -4.24. The molecule has 0 unspecified atom stereocenters. The van der Waals surface area contributed by atoms with Gasteiger partial charge in [0.1, 0.15) is 16.5 Å².